The van der Waals surface area contributed by atoms with Crippen LogP contribution in [0.3, 0.4) is 0 Å². The summed E-state index contributed by atoms with van der Waals surface area (Å²) in [6, 6.07) is 0. The van der Waals surface area contributed by atoms with Crippen LogP contribution in [0.15, 0.2) is 25.3 Å². The molecule has 0 atom stereocenters. The van der Waals surface area contributed by atoms with Gasteiger partial charge in [0, 0.05) is 26.2 Å². The zero-order valence-electron chi connectivity index (χ0n) is 14.1. The molecule has 0 unspecified atom stereocenters. The van der Waals surface area contributed by atoms with Gasteiger partial charge in [-0.25, -0.2) is 0 Å². The molecule has 4 nitrogen and oxygen atoms in total. The molecule has 1 fully saturated rings. The predicted molar refractivity (Wildman–Crippen MR) is 90.4 cm³/mol. The largest absolute Gasteiger partial charge is 0.339 e. The van der Waals surface area contributed by atoms with Crippen molar-refractivity contribution in [1.29, 1.82) is 0 Å². The van der Waals surface area contributed by atoms with Crippen molar-refractivity contribution in [2.75, 3.05) is 26.2 Å². The molecular weight excluding hydrogens is 276 g/mol. The zero-order valence-corrected chi connectivity index (χ0v) is 14.1. The van der Waals surface area contributed by atoms with Gasteiger partial charge in [0.15, 0.2) is 0 Å². The van der Waals surface area contributed by atoms with E-state index in [2.05, 4.69) is 13.2 Å². The minimum absolute atomic E-state index is 0.0263. The first-order valence-corrected chi connectivity index (χ1v) is 8.38. The molecule has 0 radical (unpaired) electrons. The summed E-state index contributed by atoms with van der Waals surface area (Å²) in [4.78, 5) is 27.2. The lowest BCUT2D eigenvalue weighted by Gasteiger charge is -2.34. The van der Waals surface area contributed by atoms with Gasteiger partial charge in [0.25, 0.3) is 0 Å². The fourth-order valence-electron chi connectivity index (χ4n) is 3.23. The van der Waals surface area contributed by atoms with E-state index in [1.165, 1.54) is 12.2 Å². The Morgan fingerprint density at radius 3 is 1.41 bits per heavy atom. The Morgan fingerprint density at radius 1 is 0.864 bits per heavy atom. The highest BCUT2D eigenvalue weighted by Crippen LogP contribution is 2.30. The van der Waals surface area contributed by atoms with Gasteiger partial charge in [-0.1, -0.05) is 13.2 Å². The molecule has 1 aliphatic carbocycles. The molecule has 1 saturated carbocycles. The van der Waals surface area contributed by atoms with Gasteiger partial charge in [-0.15, -0.1) is 0 Å². The van der Waals surface area contributed by atoms with Crippen molar-refractivity contribution in [1.82, 2.24) is 9.80 Å². The number of rotatable bonds is 8. The fraction of sp³-hybridized carbons (Fsp3) is 0.667. The van der Waals surface area contributed by atoms with E-state index in [4.69, 9.17) is 0 Å². The maximum atomic E-state index is 11.7. The summed E-state index contributed by atoms with van der Waals surface area (Å²) in [6.07, 6.45) is 7.32. The number of hydrogen-bond acceptors (Lipinski definition) is 2. The predicted octanol–water partition coefficient (Wildman–Crippen LogP) is 2.86. The van der Waals surface area contributed by atoms with Crippen LogP contribution in [0.2, 0.25) is 0 Å². The molecule has 124 valence electrons. The van der Waals surface area contributed by atoms with Crippen molar-refractivity contribution in [2.45, 2.75) is 39.5 Å². The molecule has 0 aromatic carbocycles. The van der Waals surface area contributed by atoms with Gasteiger partial charge in [0.2, 0.25) is 11.8 Å². The smallest absolute Gasteiger partial charge is 0.245 e. The lowest BCUT2D eigenvalue weighted by Crippen LogP contribution is -2.38. The molecule has 1 aliphatic rings. The normalized spacial score (nSPS) is 21.0. The van der Waals surface area contributed by atoms with Gasteiger partial charge < -0.3 is 9.80 Å². The third kappa shape index (κ3) is 5.32. The lowest BCUT2D eigenvalue weighted by molar-refractivity contribution is -0.128. The first kappa shape index (κ1) is 18.5. The summed E-state index contributed by atoms with van der Waals surface area (Å²) in [5, 5.41) is 0. The molecule has 0 aromatic heterocycles. The molecule has 0 aliphatic heterocycles. The first-order chi connectivity index (χ1) is 10.5. The molecule has 0 bridgehead atoms. The number of hydrogen-bond donors (Lipinski definition) is 0. The third-order valence-corrected chi connectivity index (χ3v) is 4.66. The topological polar surface area (TPSA) is 40.6 Å². The van der Waals surface area contributed by atoms with Crippen molar-refractivity contribution in [3.63, 3.8) is 0 Å². The molecule has 0 N–H and O–H groups in total. The number of nitrogens with zero attached hydrogens (tertiary/aromatic N) is 2. The second-order valence-electron chi connectivity index (χ2n) is 6.05. The fourth-order valence-corrected chi connectivity index (χ4v) is 3.23. The average Bonchev–Trinajstić information content (AvgIpc) is 2.57. The van der Waals surface area contributed by atoms with Crippen molar-refractivity contribution >= 4 is 11.8 Å². The number of likely N-dealkylation sites (N-methyl/N-ethyl adjacent to an activating group) is 2. The first-order valence-electron chi connectivity index (χ1n) is 8.38. The number of amides is 2. The van der Waals surface area contributed by atoms with E-state index in [1.807, 2.05) is 23.6 Å². The van der Waals surface area contributed by atoms with Crippen LogP contribution in [0, 0.1) is 11.8 Å². The molecule has 0 heterocycles. The Hall–Kier alpha value is -1.58. The van der Waals surface area contributed by atoms with Crippen LogP contribution in [-0.2, 0) is 9.59 Å². The number of carbonyl (C=O) groups excluding carboxylic acids is 2. The van der Waals surface area contributed by atoms with Crippen LogP contribution in [0.5, 0.6) is 0 Å². The molecule has 0 spiro atoms. The summed E-state index contributed by atoms with van der Waals surface area (Å²) >= 11 is 0. The average molecular weight is 306 g/mol. The minimum atomic E-state index is 0.0263. The van der Waals surface area contributed by atoms with Crippen molar-refractivity contribution in [3.8, 4) is 0 Å². The van der Waals surface area contributed by atoms with E-state index >= 15 is 0 Å². The SMILES string of the molecule is C=CC(=O)N(CC)CC1CCC(CN(CC)C(=O)C=C)CC1. The van der Waals surface area contributed by atoms with Crippen LogP contribution in [0.1, 0.15) is 39.5 Å². The summed E-state index contributed by atoms with van der Waals surface area (Å²) in [5.41, 5.74) is 0. The summed E-state index contributed by atoms with van der Waals surface area (Å²) in [5.74, 6) is 1.20. The highest BCUT2D eigenvalue weighted by Gasteiger charge is 2.25. The molecule has 22 heavy (non-hydrogen) atoms. The summed E-state index contributed by atoms with van der Waals surface area (Å²) in [7, 11) is 0. The zero-order chi connectivity index (χ0) is 16.5. The van der Waals surface area contributed by atoms with E-state index in [0.29, 0.717) is 11.8 Å². The standard InChI is InChI=1S/C18H30N2O2/c1-5-17(21)19(7-3)13-15-9-11-16(12-10-15)14-20(8-4)18(22)6-2/h5-6,15-16H,1-2,7-14H2,3-4H3. The van der Waals surface area contributed by atoms with Crippen molar-refractivity contribution in [2.24, 2.45) is 11.8 Å². The Balaban J connectivity index is 2.42. The van der Waals surface area contributed by atoms with Crippen LogP contribution in [0.4, 0.5) is 0 Å². The molecule has 0 aromatic rings. The monoisotopic (exact) mass is 306 g/mol. The third-order valence-electron chi connectivity index (χ3n) is 4.66. The van der Waals surface area contributed by atoms with Crippen LogP contribution in [0.25, 0.3) is 0 Å². The minimum Gasteiger partial charge on any atom is -0.339 e. The Morgan fingerprint density at radius 2 is 1.18 bits per heavy atom. The summed E-state index contributed by atoms with van der Waals surface area (Å²) in [6.45, 7) is 14.3. The molecular formula is C18H30N2O2. The Kier molecular flexibility index (Phi) is 7.92. The van der Waals surface area contributed by atoms with E-state index in [1.54, 1.807) is 0 Å². The quantitative estimate of drug-likeness (QED) is 0.647. The van der Waals surface area contributed by atoms with Crippen LogP contribution < -0.4 is 0 Å². The molecule has 4 heteroatoms. The second-order valence-corrected chi connectivity index (χ2v) is 6.05. The second kappa shape index (κ2) is 9.44. The Bertz CT molecular complexity index is 360. The lowest BCUT2D eigenvalue weighted by atomic mass is 9.81. The van der Waals surface area contributed by atoms with Crippen LogP contribution in [-0.4, -0.2) is 47.8 Å². The molecule has 0 saturated heterocycles. The van der Waals surface area contributed by atoms with Crippen molar-refractivity contribution < 1.29 is 9.59 Å². The van der Waals surface area contributed by atoms with Gasteiger partial charge in [-0.3, -0.25) is 9.59 Å². The van der Waals surface area contributed by atoms with E-state index in [9.17, 15) is 9.59 Å². The van der Waals surface area contributed by atoms with Crippen molar-refractivity contribution in [3.05, 3.63) is 25.3 Å². The van der Waals surface area contributed by atoms with Gasteiger partial charge in [0.1, 0.15) is 0 Å². The van der Waals surface area contributed by atoms with Crippen LogP contribution >= 0.6 is 0 Å². The maximum Gasteiger partial charge on any atom is 0.245 e. The highest BCUT2D eigenvalue weighted by atomic mass is 16.2. The molecule has 2 amide bonds. The van der Waals surface area contributed by atoms with Gasteiger partial charge >= 0.3 is 0 Å². The Labute approximate surface area is 134 Å². The van der Waals surface area contributed by atoms with Gasteiger partial charge in [0.05, 0.1) is 0 Å². The highest BCUT2D eigenvalue weighted by molar-refractivity contribution is 5.87. The van der Waals surface area contributed by atoms with Gasteiger partial charge in [-0.2, -0.15) is 0 Å². The van der Waals surface area contributed by atoms with E-state index in [0.717, 1.165) is 51.9 Å². The van der Waals surface area contributed by atoms with E-state index < -0.39 is 0 Å². The van der Waals surface area contributed by atoms with Gasteiger partial charge in [-0.05, 0) is 63.5 Å². The number of carbonyl (C=O) groups is 2. The van der Waals surface area contributed by atoms with E-state index in [-0.39, 0.29) is 11.8 Å². The molecule has 1 rings (SSSR count). The maximum absolute atomic E-state index is 11.7. The summed E-state index contributed by atoms with van der Waals surface area (Å²) < 4.78 is 0.